The summed E-state index contributed by atoms with van der Waals surface area (Å²) in [7, 11) is -3.69. The van der Waals surface area contributed by atoms with Gasteiger partial charge in [0.25, 0.3) is 0 Å². The van der Waals surface area contributed by atoms with Crippen molar-refractivity contribution < 1.29 is 17.9 Å². The summed E-state index contributed by atoms with van der Waals surface area (Å²) in [5.41, 5.74) is 2.16. The number of carbonyl (C=O) groups excluding carboxylic acids is 1. The maximum absolute atomic E-state index is 12.5. The summed E-state index contributed by atoms with van der Waals surface area (Å²) in [5.74, 6) is 0.431. The number of anilines is 1. The molecule has 0 radical (unpaired) electrons. The minimum absolute atomic E-state index is 0.133. The molecule has 2 aromatic rings. The minimum atomic E-state index is -3.69. The Labute approximate surface area is 148 Å². The highest BCUT2D eigenvalue weighted by molar-refractivity contribution is 7.89. The number of aryl methyl sites for hydroxylation is 2. The molecule has 7 heteroatoms. The molecule has 0 spiro atoms. The van der Waals surface area contributed by atoms with Crippen molar-refractivity contribution in [1.29, 1.82) is 0 Å². The largest absolute Gasteiger partial charge is 0.492 e. The molecule has 0 fully saturated rings. The van der Waals surface area contributed by atoms with Crippen molar-refractivity contribution in [3.05, 3.63) is 53.6 Å². The maximum atomic E-state index is 12.5. The van der Waals surface area contributed by atoms with Crippen LogP contribution in [0.5, 0.6) is 5.75 Å². The normalized spacial score (nSPS) is 11.2. The highest BCUT2D eigenvalue weighted by Gasteiger charge is 2.17. The molecule has 0 aliphatic carbocycles. The zero-order valence-corrected chi connectivity index (χ0v) is 15.3. The van der Waals surface area contributed by atoms with Crippen LogP contribution in [0.15, 0.2) is 47.4 Å². The van der Waals surface area contributed by atoms with E-state index in [0.29, 0.717) is 17.0 Å². The number of benzene rings is 2. The summed E-state index contributed by atoms with van der Waals surface area (Å²) >= 11 is 0. The van der Waals surface area contributed by atoms with Gasteiger partial charge < -0.3 is 10.1 Å². The first-order valence-corrected chi connectivity index (χ1v) is 9.33. The average Bonchev–Trinajstić information content (AvgIpc) is 2.54. The Morgan fingerprint density at radius 1 is 1.08 bits per heavy atom. The Morgan fingerprint density at radius 3 is 2.40 bits per heavy atom. The van der Waals surface area contributed by atoms with Gasteiger partial charge in [0, 0.05) is 19.2 Å². The van der Waals surface area contributed by atoms with Gasteiger partial charge >= 0.3 is 0 Å². The van der Waals surface area contributed by atoms with Crippen molar-refractivity contribution in [1.82, 2.24) is 4.72 Å². The first-order valence-electron chi connectivity index (χ1n) is 7.85. The second-order valence-corrected chi connectivity index (χ2v) is 7.46. The first-order chi connectivity index (χ1) is 11.8. The SMILES string of the molecule is CC(=O)Nc1ccc(C)c(S(=O)(=O)NCCOc2ccc(C)cc2)c1. The van der Waals surface area contributed by atoms with E-state index in [9.17, 15) is 13.2 Å². The number of nitrogens with one attached hydrogen (secondary N) is 2. The molecule has 0 bridgehead atoms. The van der Waals surface area contributed by atoms with Gasteiger partial charge in [-0.3, -0.25) is 4.79 Å². The van der Waals surface area contributed by atoms with E-state index in [1.54, 1.807) is 19.1 Å². The van der Waals surface area contributed by atoms with Gasteiger partial charge in [0.1, 0.15) is 12.4 Å². The van der Waals surface area contributed by atoms with Gasteiger partial charge in [-0.1, -0.05) is 23.8 Å². The van der Waals surface area contributed by atoms with Crippen molar-refractivity contribution >= 4 is 21.6 Å². The van der Waals surface area contributed by atoms with Gasteiger partial charge in [0.2, 0.25) is 15.9 Å². The molecule has 0 atom stereocenters. The quantitative estimate of drug-likeness (QED) is 0.742. The van der Waals surface area contributed by atoms with Crippen LogP contribution in [0, 0.1) is 13.8 Å². The summed E-state index contributed by atoms with van der Waals surface area (Å²) in [6, 6.07) is 12.3. The summed E-state index contributed by atoms with van der Waals surface area (Å²) in [4.78, 5) is 11.3. The number of sulfonamides is 1. The smallest absolute Gasteiger partial charge is 0.241 e. The molecule has 0 unspecified atom stereocenters. The second-order valence-electron chi connectivity index (χ2n) is 5.72. The van der Waals surface area contributed by atoms with Crippen molar-refractivity contribution in [3.63, 3.8) is 0 Å². The number of carbonyl (C=O) groups is 1. The van der Waals surface area contributed by atoms with E-state index >= 15 is 0 Å². The summed E-state index contributed by atoms with van der Waals surface area (Å²) in [6.45, 7) is 5.41. The molecule has 0 saturated carbocycles. The van der Waals surface area contributed by atoms with Crippen molar-refractivity contribution in [3.8, 4) is 5.75 Å². The third-order valence-electron chi connectivity index (χ3n) is 3.48. The van der Waals surface area contributed by atoms with E-state index in [2.05, 4.69) is 10.0 Å². The highest BCUT2D eigenvalue weighted by atomic mass is 32.2. The molecule has 0 aliphatic rings. The van der Waals surface area contributed by atoms with Crippen LogP contribution < -0.4 is 14.8 Å². The highest BCUT2D eigenvalue weighted by Crippen LogP contribution is 2.20. The first kappa shape index (κ1) is 19.0. The lowest BCUT2D eigenvalue weighted by molar-refractivity contribution is -0.114. The van der Waals surface area contributed by atoms with Gasteiger partial charge in [-0.25, -0.2) is 13.1 Å². The van der Waals surface area contributed by atoms with Crippen LogP contribution in [0.25, 0.3) is 0 Å². The van der Waals surface area contributed by atoms with E-state index in [-0.39, 0.29) is 24.0 Å². The fraction of sp³-hybridized carbons (Fsp3) is 0.278. The number of rotatable bonds is 7. The third kappa shape index (κ3) is 5.58. The van der Waals surface area contributed by atoms with Gasteiger partial charge in [0.15, 0.2) is 0 Å². The van der Waals surface area contributed by atoms with Crippen LogP contribution in [0.2, 0.25) is 0 Å². The van der Waals surface area contributed by atoms with Gasteiger partial charge in [-0.05, 0) is 43.7 Å². The predicted octanol–water partition coefficient (Wildman–Crippen LogP) is 2.62. The Bertz CT molecular complexity index is 846. The summed E-state index contributed by atoms with van der Waals surface area (Å²) in [5, 5.41) is 2.58. The molecule has 2 N–H and O–H groups in total. The fourth-order valence-corrected chi connectivity index (χ4v) is 3.51. The van der Waals surface area contributed by atoms with Crippen LogP contribution >= 0.6 is 0 Å². The standard InChI is InChI=1S/C18H22N2O4S/c1-13-4-8-17(9-5-13)24-11-10-19-25(22,23)18-12-16(20-15(3)21)7-6-14(18)2/h4-9,12,19H,10-11H2,1-3H3,(H,20,21). The van der Waals surface area contributed by atoms with E-state index in [1.807, 2.05) is 31.2 Å². The van der Waals surface area contributed by atoms with Gasteiger partial charge in [-0.15, -0.1) is 0 Å². The lowest BCUT2D eigenvalue weighted by atomic mass is 10.2. The van der Waals surface area contributed by atoms with Crippen molar-refractivity contribution in [2.24, 2.45) is 0 Å². The predicted molar refractivity (Wildman–Crippen MR) is 97.3 cm³/mol. The topological polar surface area (TPSA) is 84.5 Å². The van der Waals surface area contributed by atoms with Crippen LogP contribution in [-0.2, 0) is 14.8 Å². The molecule has 0 aromatic heterocycles. The molecule has 2 aromatic carbocycles. The third-order valence-corrected chi connectivity index (χ3v) is 5.08. The van der Waals surface area contributed by atoms with Gasteiger partial charge in [-0.2, -0.15) is 0 Å². The second kappa shape index (κ2) is 8.13. The molecule has 134 valence electrons. The number of amides is 1. The van der Waals surface area contributed by atoms with Crippen LogP contribution in [0.1, 0.15) is 18.1 Å². The zero-order chi connectivity index (χ0) is 18.4. The van der Waals surface area contributed by atoms with Gasteiger partial charge in [0.05, 0.1) is 4.90 Å². The molecule has 0 aliphatic heterocycles. The molecule has 1 amide bonds. The molecule has 6 nitrogen and oxygen atoms in total. The number of hydrogen-bond donors (Lipinski definition) is 2. The zero-order valence-electron chi connectivity index (χ0n) is 14.5. The van der Waals surface area contributed by atoms with E-state index in [0.717, 1.165) is 5.56 Å². The molecule has 0 saturated heterocycles. The van der Waals surface area contributed by atoms with E-state index in [1.165, 1.54) is 13.0 Å². The van der Waals surface area contributed by atoms with E-state index in [4.69, 9.17) is 4.74 Å². The number of hydrogen-bond acceptors (Lipinski definition) is 4. The summed E-state index contributed by atoms with van der Waals surface area (Å²) in [6.07, 6.45) is 0. The Balaban J connectivity index is 1.98. The number of ether oxygens (including phenoxy) is 1. The Hall–Kier alpha value is -2.38. The average molecular weight is 362 g/mol. The monoisotopic (exact) mass is 362 g/mol. The van der Waals surface area contributed by atoms with Crippen LogP contribution in [0.3, 0.4) is 0 Å². The van der Waals surface area contributed by atoms with Crippen LogP contribution in [-0.4, -0.2) is 27.5 Å². The molecule has 25 heavy (non-hydrogen) atoms. The fourth-order valence-electron chi connectivity index (χ4n) is 2.23. The summed E-state index contributed by atoms with van der Waals surface area (Å²) < 4.78 is 33.0. The van der Waals surface area contributed by atoms with Crippen molar-refractivity contribution in [2.45, 2.75) is 25.7 Å². The molecular weight excluding hydrogens is 340 g/mol. The molecule has 2 rings (SSSR count). The van der Waals surface area contributed by atoms with E-state index < -0.39 is 10.0 Å². The van der Waals surface area contributed by atoms with Crippen molar-refractivity contribution in [2.75, 3.05) is 18.5 Å². The Kier molecular flexibility index (Phi) is 6.17. The minimum Gasteiger partial charge on any atom is -0.492 e. The Morgan fingerprint density at radius 2 is 1.76 bits per heavy atom. The lowest BCUT2D eigenvalue weighted by Crippen LogP contribution is -2.29. The molecular formula is C18H22N2O4S. The molecule has 0 heterocycles. The van der Waals surface area contributed by atoms with Crippen LogP contribution in [0.4, 0.5) is 5.69 Å². The maximum Gasteiger partial charge on any atom is 0.241 e. The lowest BCUT2D eigenvalue weighted by Gasteiger charge is -2.12.